The van der Waals surface area contributed by atoms with Gasteiger partial charge in [0.05, 0.1) is 0 Å². The second kappa shape index (κ2) is 5.32. The van der Waals surface area contributed by atoms with E-state index in [0.29, 0.717) is 5.69 Å². The van der Waals surface area contributed by atoms with E-state index in [9.17, 15) is 13.2 Å². The van der Waals surface area contributed by atoms with Crippen molar-refractivity contribution in [1.82, 2.24) is 9.97 Å². The highest BCUT2D eigenvalue weighted by atomic mass is 127. The zero-order valence-electron chi connectivity index (χ0n) is 9.79. The molecule has 0 fully saturated rings. The summed E-state index contributed by atoms with van der Waals surface area (Å²) in [5.74, 6) is -0.0729. The van der Waals surface area contributed by atoms with Crippen LogP contribution in [0.5, 0.6) is 0 Å². The normalized spacial score (nSPS) is 11.4. The molecule has 1 aromatic heterocycles. The Morgan fingerprint density at radius 1 is 1.21 bits per heavy atom. The van der Waals surface area contributed by atoms with Crippen molar-refractivity contribution in [2.45, 2.75) is 13.1 Å². The van der Waals surface area contributed by atoms with Crippen LogP contribution >= 0.6 is 22.6 Å². The van der Waals surface area contributed by atoms with Gasteiger partial charge in [-0.15, -0.1) is 0 Å². The molecule has 0 aliphatic heterocycles. The smallest absolute Gasteiger partial charge is 0.324 e. The second-order valence-electron chi connectivity index (χ2n) is 3.91. The van der Waals surface area contributed by atoms with Gasteiger partial charge in [-0.3, -0.25) is 0 Å². The number of anilines is 2. The fraction of sp³-hybridized carbons (Fsp3) is 0.167. The molecule has 7 heteroatoms. The van der Waals surface area contributed by atoms with Crippen molar-refractivity contribution in [3.63, 3.8) is 0 Å². The predicted molar refractivity (Wildman–Crippen MR) is 74.2 cm³/mol. The maximum absolute atomic E-state index is 12.5. The van der Waals surface area contributed by atoms with Crippen LogP contribution in [0.25, 0.3) is 0 Å². The summed E-state index contributed by atoms with van der Waals surface area (Å²) < 4.78 is 38.5. The van der Waals surface area contributed by atoms with Crippen LogP contribution in [0.15, 0.2) is 30.5 Å². The lowest BCUT2D eigenvalue weighted by Crippen LogP contribution is -2.10. The van der Waals surface area contributed by atoms with E-state index in [1.165, 1.54) is 0 Å². The van der Waals surface area contributed by atoms with Gasteiger partial charge in [-0.25, -0.2) is 9.97 Å². The van der Waals surface area contributed by atoms with Gasteiger partial charge in [-0.2, -0.15) is 13.2 Å². The number of aryl methyl sites for hydroxylation is 1. The fourth-order valence-corrected chi connectivity index (χ4v) is 2.34. The molecule has 0 aliphatic carbocycles. The number of nitrogens with one attached hydrogen (secondary N) is 1. The minimum absolute atomic E-state index is 0.0729. The summed E-state index contributed by atoms with van der Waals surface area (Å²) in [5, 5.41) is 2.77. The van der Waals surface area contributed by atoms with E-state index in [4.69, 9.17) is 0 Å². The van der Waals surface area contributed by atoms with E-state index in [1.54, 1.807) is 6.07 Å². The van der Waals surface area contributed by atoms with Gasteiger partial charge in [0.15, 0.2) is 0 Å². The Morgan fingerprint density at radius 2 is 1.95 bits per heavy atom. The number of alkyl halides is 3. The topological polar surface area (TPSA) is 37.8 Å². The molecular formula is C12H9F3IN3. The van der Waals surface area contributed by atoms with E-state index in [-0.39, 0.29) is 5.95 Å². The van der Waals surface area contributed by atoms with Crippen molar-refractivity contribution >= 4 is 34.2 Å². The van der Waals surface area contributed by atoms with E-state index in [2.05, 4.69) is 37.9 Å². The Kier molecular flexibility index (Phi) is 3.93. The first-order valence-electron chi connectivity index (χ1n) is 5.29. The van der Waals surface area contributed by atoms with Gasteiger partial charge in [0.25, 0.3) is 0 Å². The second-order valence-corrected chi connectivity index (χ2v) is 5.15. The molecule has 3 nitrogen and oxygen atoms in total. The molecule has 2 aromatic rings. The summed E-state index contributed by atoms with van der Waals surface area (Å²) >= 11 is 2.13. The molecular weight excluding hydrogens is 370 g/mol. The highest BCUT2D eigenvalue weighted by Gasteiger charge is 2.32. The maximum Gasteiger partial charge on any atom is 0.433 e. The van der Waals surface area contributed by atoms with E-state index < -0.39 is 11.9 Å². The third-order valence-electron chi connectivity index (χ3n) is 2.24. The van der Waals surface area contributed by atoms with Gasteiger partial charge in [0.2, 0.25) is 5.95 Å². The average molecular weight is 379 g/mol. The number of nitrogens with zero attached hydrogens (tertiary/aromatic N) is 2. The Balaban J connectivity index is 2.28. The first-order valence-corrected chi connectivity index (χ1v) is 6.37. The first-order chi connectivity index (χ1) is 8.84. The summed E-state index contributed by atoms with van der Waals surface area (Å²) in [5.41, 5.74) is 0.692. The van der Waals surface area contributed by atoms with Crippen LogP contribution in [0, 0.1) is 10.5 Å². The lowest BCUT2D eigenvalue weighted by molar-refractivity contribution is -0.141. The largest absolute Gasteiger partial charge is 0.433 e. The van der Waals surface area contributed by atoms with Gasteiger partial charge in [-0.1, -0.05) is 0 Å². The maximum atomic E-state index is 12.5. The highest BCUT2D eigenvalue weighted by molar-refractivity contribution is 14.1. The Bertz CT molecular complexity index is 579. The number of benzene rings is 1. The molecule has 0 saturated carbocycles. The first kappa shape index (κ1) is 14.0. The van der Waals surface area contributed by atoms with Crippen molar-refractivity contribution < 1.29 is 13.2 Å². The van der Waals surface area contributed by atoms with E-state index >= 15 is 0 Å². The van der Waals surface area contributed by atoms with Gasteiger partial charge < -0.3 is 5.32 Å². The summed E-state index contributed by atoms with van der Waals surface area (Å²) in [6, 6.07) is 6.41. The third-order valence-corrected chi connectivity index (χ3v) is 2.87. The molecule has 1 aromatic carbocycles. The number of hydrogen-bond donors (Lipinski definition) is 1. The van der Waals surface area contributed by atoms with Crippen LogP contribution in [0.2, 0.25) is 0 Å². The monoisotopic (exact) mass is 379 g/mol. The van der Waals surface area contributed by atoms with Crippen LogP contribution in [0.4, 0.5) is 24.8 Å². The molecule has 0 spiro atoms. The molecule has 2 rings (SSSR count). The predicted octanol–water partition coefficient (Wildman–Crippen LogP) is 4.15. The van der Waals surface area contributed by atoms with Crippen molar-refractivity contribution in [3.05, 3.63) is 45.3 Å². The summed E-state index contributed by atoms with van der Waals surface area (Å²) in [6.45, 7) is 1.90. The SMILES string of the molecule is Cc1cc(I)cc(Nc2nccc(C(F)(F)F)n2)c1. The molecule has 0 amide bonds. The van der Waals surface area contributed by atoms with Crippen molar-refractivity contribution in [3.8, 4) is 0 Å². The molecule has 1 N–H and O–H groups in total. The van der Waals surface area contributed by atoms with Gasteiger partial charge in [-0.05, 0) is 59.3 Å². The lowest BCUT2D eigenvalue weighted by atomic mass is 10.2. The van der Waals surface area contributed by atoms with Crippen molar-refractivity contribution in [2.75, 3.05) is 5.32 Å². The van der Waals surface area contributed by atoms with Gasteiger partial charge >= 0.3 is 6.18 Å². The number of aromatic nitrogens is 2. The van der Waals surface area contributed by atoms with Crippen LogP contribution in [0.3, 0.4) is 0 Å². The van der Waals surface area contributed by atoms with Crippen LogP contribution in [0.1, 0.15) is 11.3 Å². The van der Waals surface area contributed by atoms with Crippen LogP contribution < -0.4 is 5.32 Å². The van der Waals surface area contributed by atoms with Gasteiger partial charge in [0, 0.05) is 15.5 Å². The van der Waals surface area contributed by atoms with E-state index in [0.717, 1.165) is 21.4 Å². The lowest BCUT2D eigenvalue weighted by Gasteiger charge is -2.09. The average Bonchev–Trinajstić information content (AvgIpc) is 2.26. The molecule has 0 bridgehead atoms. The minimum atomic E-state index is -4.47. The minimum Gasteiger partial charge on any atom is -0.324 e. The molecule has 0 saturated heterocycles. The Labute approximate surface area is 121 Å². The third kappa shape index (κ3) is 3.79. The fourth-order valence-electron chi connectivity index (χ4n) is 1.51. The quantitative estimate of drug-likeness (QED) is 0.797. The molecule has 0 radical (unpaired) electrons. The molecule has 0 atom stereocenters. The molecule has 100 valence electrons. The molecule has 19 heavy (non-hydrogen) atoms. The number of hydrogen-bond acceptors (Lipinski definition) is 3. The zero-order chi connectivity index (χ0) is 14.0. The van der Waals surface area contributed by atoms with Crippen molar-refractivity contribution in [1.29, 1.82) is 0 Å². The highest BCUT2D eigenvalue weighted by Crippen LogP contribution is 2.28. The summed E-state index contributed by atoms with van der Waals surface area (Å²) in [6.07, 6.45) is -3.39. The number of rotatable bonds is 2. The standard InChI is InChI=1S/C12H9F3IN3/c1-7-4-8(16)6-9(5-7)18-11-17-3-2-10(19-11)12(13,14)15/h2-6H,1H3,(H,17,18,19). The van der Waals surface area contributed by atoms with Crippen LogP contribution in [-0.4, -0.2) is 9.97 Å². The van der Waals surface area contributed by atoms with Crippen molar-refractivity contribution in [2.24, 2.45) is 0 Å². The Hall–Kier alpha value is -1.38. The Morgan fingerprint density at radius 3 is 2.58 bits per heavy atom. The van der Waals surface area contributed by atoms with E-state index in [1.807, 2.05) is 19.1 Å². The molecule has 0 unspecified atom stereocenters. The summed E-state index contributed by atoms with van der Waals surface area (Å²) in [4.78, 5) is 7.23. The summed E-state index contributed by atoms with van der Waals surface area (Å²) in [7, 11) is 0. The van der Waals surface area contributed by atoms with Crippen LogP contribution in [-0.2, 0) is 6.18 Å². The molecule has 0 aliphatic rings. The molecule has 1 heterocycles. The number of halogens is 4. The van der Waals surface area contributed by atoms with Gasteiger partial charge in [0.1, 0.15) is 5.69 Å². The zero-order valence-corrected chi connectivity index (χ0v) is 12.0.